The maximum absolute atomic E-state index is 10.1. The number of aromatic nitrogens is 1. The second kappa shape index (κ2) is 4.53. The Morgan fingerprint density at radius 3 is 2.79 bits per heavy atom. The molecule has 1 atom stereocenters. The van der Waals surface area contributed by atoms with Crippen LogP contribution in [0.3, 0.4) is 0 Å². The molecule has 0 spiro atoms. The summed E-state index contributed by atoms with van der Waals surface area (Å²) in [4.78, 5) is 4.31. The second-order valence-electron chi connectivity index (χ2n) is 3.83. The molecule has 1 aromatic heterocycles. The molecule has 1 rings (SSSR count). The average Bonchev–Trinajstić information content (AvgIpc) is 2.15. The van der Waals surface area contributed by atoms with Gasteiger partial charge in [0.05, 0.1) is 5.69 Å². The van der Waals surface area contributed by atoms with Crippen LogP contribution in [0.4, 0.5) is 0 Å². The number of hydrogen-bond acceptors (Lipinski definition) is 3. The molecule has 0 amide bonds. The van der Waals surface area contributed by atoms with Crippen LogP contribution in [0.5, 0.6) is 0 Å². The molecule has 0 fully saturated rings. The first-order valence-electron chi connectivity index (χ1n) is 4.93. The maximum atomic E-state index is 10.1. The van der Waals surface area contributed by atoms with Gasteiger partial charge in [0.25, 0.3) is 0 Å². The van der Waals surface area contributed by atoms with Crippen LogP contribution in [-0.2, 0) is 5.60 Å². The van der Waals surface area contributed by atoms with Gasteiger partial charge in [0.2, 0.25) is 0 Å². The largest absolute Gasteiger partial charge is 0.384 e. The quantitative estimate of drug-likeness (QED) is 0.760. The number of pyridine rings is 1. The monoisotopic (exact) mass is 194 g/mol. The lowest BCUT2D eigenvalue weighted by atomic mass is 9.95. The highest BCUT2D eigenvalue weighted by Gasteiger charge is 2.23. The summed E-state index contributed by atoms with van der Waals surface area (Å²) in [5.74, 6) is 0. The van der Waals surface area contributed by atoms with Crippen molar-refractivity contribution in [2.75, 3.05) is 6.54 Å². The van der Waals surface area contributed by atoms with E-state index in [-0.39, 0.29) is 0 Å². The molecular weight excluding hydrogens is 176 g/mol. The topological polar surface area (TPSA) is 59.1 Å². The zero-order valence-corrected chi connectivity index (χ0v) is 8.83. The zero-order valence-electron chi connectivity index (χ0n) is 8.83. The summed E-state index contributed by atoms with van der Waals surface area (Å²) >= 11 is 0. The normalized spacial score (nSPS) is 15.1. The van der Waals surface area contributed by atoms with Crippen molar-refractivity contribution in [3.8, 4) is 0 Å². The van der Waals surface area contributed by atoms with Gasteiger partial charge >= 0.3 is 0 Å². The minimum absolute atomic E-state index is 0.599. The standard InChI is InChI=1S/C11H18N2O/c1-9-5-3-6-10(13-9)11(2,14)7-4-8-12/h3,5-6,14H,4,7-8,12H2,1-2H3. The van der Waals surface area contributed by atoms with Crippen molar-refractivity contribution in [3.63, 3.8) is 0 Å². The van der Waals surface area contributed by atoms with E-state index in [2.05, 4.69) is 4.98 Å². The highest BCUT2D eigenvalue weighted by atomic mass is 16.3. The third-order valence-corrected chi connectivity index (χ3v) is 2.31. The van der Waals surface area contributed by atoms with Crippen LogP contribution in [0.1, 0.15) is 31.2 Å². The minimum Gasteiger partial charge on any atom is -0.384 e. The first-order chi connectivity index (χ1) is 6.56. The Labute approximate surface area is 85.0 Å². The molecule has 0 saturated carbocycles. The van der Waals surface area contributed by atoms with Crippen LogP contribution in [0.2, 0.25) is 0 Å². The van der Waals surface area contributed by atoms with E-state index in [9.17, 15) is 5.11 Å². The number of nitrogens with two attached hydrogens (primary N) is 1. The molecule has 0 radical (unpaired) electrons. The molecule has 0 aromatic carbocycles. The van der Waals surface area contributed by atoms with Crippen molar-refractivity contribution in [1.82, 2.24) is 4.98 Å². The van der Waals surface area contributed by atoms with Crippen LogP contribution in [0.25, 0.3) is 0 Å². The second-order valence-corrected chi connectivity index (χ2v) is 3.83. The van der Waals surface area contributed by atoms with Gasteiger partial charge in [-0.1, -0.05) is 6.07 Å². The predicted molar refractivity (Wildman–Crippen MR) is 56.8 cm³/mol. The molecule has 1 unspecified atom stereocenters. The molecular formula is C11H18N2O. The van der Waals surface area contributed by atoms with E-state index >= 15 is 0 Å². The number of rotatable bonds is 4. The fourth-order valence-electron chi connectivity index (χ4n) is 1.42. The molecule has 3 nitrogen and oxygen atoms in total. The van der Waals surface area contributed by atoms with E-state index in [1.165, 1.54) is 0 Å². The highest BCUT2D eigenvalue weighted by molar-refractivity contribution is 5.15. The van der Waals surface area contributed by atoms with Gasteiger partial charge in [0, 0.05) is 5.69 Å². The number of aliphatic hydroxyl groups is 1. The summed E-state index contributed by atoms with van der Waals surface area (Å²) in [6, 6.07) is 5.68. The number of aryl methyl sites for hydroxylation is 1. The lowest BCUT2D eigenvalue weighted by molar-refractivity contribution is 0.0416. The van der Waals surface area contributed by atoms with E-state index in [0.29, 0.717) is 13.0 Å². The summed E-state index contributed by atoms with van der Waals surface area (Å²) in [5, 5.41) is 10.1. The van der Waals surface area contributed by atoms with Crippen molar-refractivity contribution >= 4 is 0 Å². The lowest BCUT2D eigenvalue weighted by Gasteiger charge is -2.22. The van der Waals surface area contributed by atoms with Gasteiger partial charge < -0.3 is 10.8 Å². The third-order valence-electron chi connectivity index (χ3n) is 2.31. The molecule has 1 aromatic rings. The Morgan fingerprint density at radius 2 is 2.21 bits per heavy atom. The summed E-state index contributed by atoms with van der Waals surface area (Å²) in [7, 11) is 0. The van der Waals surface area contributed by atoms with Crippen LogP contribution in [0.15, 0.2) is 18.2 Å². The van der Waals surface area contributed by atoms with Gasteiger partial charge in [-0.15, -0.1) is 0 Å². The summed E-state index contributed by atoms with van der Waals surface area (Å²) in [6.45, 7) is 4.30. The fourth-order valence-corrected chi connectivity index (χ4v) is 1.42. The van der Waals surface area contributed by atoms with Crippen molar-refractivity contribution in [1.29, 1.82) is 0 Å². The zero-order chi connectivity index (χ0) is 10.6. The van der Waals surface area contributed by atoms with Gasteiger partial charge in [0.1, 0.15) is 5.60 Å². The Hall–Kier alpha value is -0.930. The molecule has 0 aliphatic heterocycles. The molecule has 0 bridgehead atoms. The highest BCUT2D eigenvalue weighted by Crippen LogP contribution is 2.23. The van der Waals surface area contributed by atoms with Crippen molar-refractivity contribution in [2.45, 2.75) is 32.3 Å². The van der Waals surface area contributed by atoms with Crippen LogP contribution < -0.4 is 5.73 Å². The average molecular weight is 194 g/mol. The smallest absolute Gasteiger partial charge is 0.104 e. The first-order valence-corrected chi connectivity index (χ1v) is 4.93. The predicted octanol–water partition coefficient (Wildman–Crippen LogP) is 1.34. The van der Waals surface area contributed by atoms with Crippen LogP contribution >= 0.6 is 0 Å². The molecule has 78 valence electrons. The molecule has 0 saturated heterocycles. The van der Waals surface area contributed by atoms with E-state index in [1.807, 2.05) is 25.1 Å². The van der Waals surface area contributed by atoms with E-state index < -0.39 is 5.60 Å². The van der Waals surface area contributed by atoms with E-state index in [1.54, 1.807) is 6.92 Å². The maximum Gasteiger partial charge on any atom is 0.104 e. The molecule has 1 heterocycles. The molecule has 0 aliphatic rings. The summed E-state index contributed by atoms with van der Waals surface area (Å²) in [6.07, 6.45) is 1.46. The van der Waals surface area contributed by atoms with Crippen molar-refractivity contribution < 1.29 is 5.11 Å². The summed E-state index contributed by atoms with van der Waals surface area (Å²) < 4.78 is 0. The Kier molecular flexibility index (Phi) is 3.61. The first kappa shape index (κ1) is 11.1. The van der Waals surface area contributed by atoms with Crippen LogP contribution in [-0.4, -0.2) is 16.6 Å². The third kappa shape index (κ3) is 2.79. The molecule has 14 heavy (non-hydrogen) atoms. The minimum atomic E-state index is -0.856. The number of nitrogens with zero attached hydrogens (tertiary/aromatic N) is 1. The fraction of sp³-hybridized carbons (Fsp3) is 0.545. The SMILES string of the molecule is Cc1cccc(C(C)(O)CCCN)n1. The van der Waals surface area contributed by atoms with E-state index in [0.717, 1.165) is 17.8 Å². The molecule has 3 N–H and O–H groups in total. The summed E-state index contributed by atoms with van der Waals surface area (Å²) in [5.41, 5.74) is 6.21. The van der Waals surface area contributed by atoms with Crippen molar-refractivity contribution in [2.24, 2.45) is 5.73 Å². The Bertz CT molecular complexity index is 297. The van der Waals surface area contributed by atoms with Crippen molar-refractivity contribution in [3.05, 3.63) is 29.6 Å². The van der Waals surface area contributed by atoms with Gasteiger partial charge in [0.15, 0.2) is 0 Å². The Balaban J connectivity index is 2.80. The van der Waals surface area contributed by atoms with Gasteiger partial charge in [-0.25, -0.2) is 0 Å². The van der Waals surface area contributed by atoms with Gasteiger partial charge in [-0.05, 0) is 45.4 Å². The molecule has 0 aliphatic carbocycles. The van der Waals surface area contributed by atoms with Gasteiger partial charge in [-0.2, -0.15) is 0 Å². The number of hydrogen-bond donors (Lipinski definition) is 2. The van der Waals surface area contributed by atoms with Crippen LogP contribution in [0, 0.1) is 6.92 Å². The van der Waals surface area contributed by atoms with E-state index in [4.69, 9.17) is 5.73 Å². The Morgan fingerprint density at radius 1 is 1.50 bits per heavy atom. The molecule has 3 heteroatoms. The van der Waals surface area contributed by atoms with Gasteiger partial charge in [-0.3, -0.25) is 4.98 Å². The lowest BCUT2D eigenvalue weighted by Crippen LogP contribution is -2.24.